The molecule has 0 spiro atoms. The molecule has 0 unspecified atom stereocenters. The van der Waals surface area contributed by atoms with E-state index in [1.807, 2.05) is 36.4 Å². The van der Waals surface area contributed by atoms with Gasteiger partial charge in [0.15, 0.2) is 0 Å². The Bertz CT molecular complexity index is 954. The highest BCUT2D eigenvalue weighted by Crippen LogP contribution is 2.24. The van der Waals surface area contributed by atoms with Gasteiger partial charge in [-0.3, -0.25) is 4.99 Å². The Morgan fingerprint density at radius 1 is 1.12 bits per heavy atom. The molecule has 4 heteroatoms. The predicted molar refractivity (Wildman–Crippen MR) is 101 cm³/mol. The molecule has 3 nitrogen and oxygen atoms in total. The van der Waals surface area contributed by atoms with Gasteiger partial charge in [0.2, 0.25) is 0 Å². The van der Waals surface area contributed by atoms with Crippen LogP contribution >= 0.6 is 11.6 Å². The maximum atomic E-state index is 6.12. The molecule has 1 fully saturated rings. The maximum Gasteiger partial charge on any atom is 0.136 e. The largest absolute Gasteiger partial charge is 0.456 e. The van der Waals surface area contributed by atoms with Gasteiger partial charge in [-0.2, -0.15) is 0 Å². The summed E-state index contributed by atoms with van der Waals surface area (Å²) in [5, 5.41) is 2.70. The Hall–Kier alpha value is -2.10. The second-order valence-corrected chi connectivity index (χ2v) is 6.91. The minimum absolute atomic E-state index is 0.232. The normalized spacial score (nSPS) is 18.2. The van der Waals surface area contributed by atoms with Crippen molar-refractivity contribution in [2.45, 2.75) is 25.9 Å². The zero-order valence-electron chi connectivity index (χ0n) is 14.2. The SMILES string of the molecule is Cc1ccc2oc(-c3ccc(Cl)cc3)cc(=NC[C@@H]3CCCO3)c2c1. The van der Waals surface area contributed by atoms with Crippen molar-refractivity contribution in [3.63, 3.8) is 0 Å². The van der Waals surface area contributed by atoms with Gasteiger partial charge < -0.3 is 9.15 Å². The van der Waals surface area contributed by atoms with Gasteiger partial charge in [0.1, 0.15) is 11.3 Å². The number of rotatable bonds is 3. The van der Waals surface area contributed by atoms with Crippen LogP contribution in [0.4, 0.5) is 0 Å². The summed E-state index contributed by atoms with van der Waals surface area (Å²) < 4.78 is 11.8. The zero-order chi connectivity index (χ0) is 17.2. The molecule has 3 aromatic rings. The molecule has 4 rings (SSSR count). The molecule has 0 saturated carbocycles. The molecular formula is C21H20ClNO2. The number of benzene rings is 2. The molecule has 0 aliphatic carbocycles. The fourth-order valence-electron chi connectivity index (χ4n) is 3.16. The lowest BCUT2D eigenvalue weighted by molar-refractivity contribution is 0.117. The first kappa shape index (κ1) is 16.4. The monoisotopic (exact) mass is 353 g/mol. The molecule has 0 radical (unpaired) electrons. The van der Waals surface area contributed by atoms with Crippen molar-refractivity contribution >= 4 is 22.6 Å². The van der Waals surface area contributed by atoms with Crippen molar-refractivity contribution in [2.24, 2.45) is 4.99 Å². The fraction of sp³-hybridized carbons (Fsp3) is 0.286. The maximum absolute atomic E-state index is 6.12. The molecule has 1 atom stereocenters. The van der Waals surface area contributed by atoms with Gasteiger partial charge >= 0.3 is 0 Å². The lowest BCUT2D eigenvalue weighted by Gasteiger charge is -2.08. The fourth-order valence-corrected chi connectivity index (χ4v) is 3.28. The molecule has 1 aliphatic heterocycles. The number of hydrogen-bond donors (Lipinski definition) is 0. The Balaban J connectivity index is 1.83. The van der Waals surface area contributed by atoms with Crippen LogP contribution in [0.5, 0.6) is 0 Å². The summed E-state index contributed by atoms with van der Waals surface area (Å²) in [6.07, 6.45) is 2.44. The first-order valence-electron chi connectivity index (χ1n) is 8.61. The first-order chi connectivity index (χ1) is 12.2. The number of aryl methyl sites for hydroxylation is 1. The quantitative estimate of drug-likeness (QED) is 0.653. The van der Waals surface area contributed by atoms with Gasteiger partial charge in [-0.25, -0.2) is 0 Å². The zero-order valence-corrected chi connectivity index (χ0v) is 14.9. The van der Waals surface area contributed by atoms with E-state index in [1.54, 1.807) is 0 Å². The van der Waals surface area contributed by atoms with E-state index >= 15 is 0 Å². The third-order valence-electron chi connectivity index (χ3n) is 4.52. The molecule has 1 aliphatic rings. The highest BCUT2D eigenvalue weighted by atomic mass is 35.5. The van der Waals surface area contributed by atoms with E-state index in [0.717, 1.165) is 47.1 Å². The molecule has 0 bridgehead atoms. The standard InChI is InChI=1S/C21H20ClNO2/c1-14-4-9-20-18(11-14)19(23-13-17-3-2-10-24-17)12-21(25-20)15-5-7-16(22)8-6-15/h4-9,11-12,17H,2-3,10,13H2,1H3/t17-/m0/s1. The summed E-state index contributed by atoms with van der Waals surface area (Å²) in [5.41, 5.74) is 3.01. The van der Waals surface area contributed by atoms with Crippen molar-refractivity contribution in [1.29, 1.82) is 0 Å². The number of hydrogen-bond acceptors (Lipinski definition) is 3. The molecule has 0 amide bonds. The van der Waals surface area contributed by atoms with Crippen molar-refractivity contribution < 1.29 is 9.15 Å². The summed E-state index contributed by atoms with van der Waals surface area (Å²) in [7, 11) is 0. The van der Waals surface area contributed by atoms with E-state index in [0.29, 0.717) is 11.6 Å². The highest BCUT2D eigenvalue weighted by molar-refractivity contribution is 6.30. The van der Waals surface area contributed by atoms with Crippen LogP contribution in [0.2, 0.25) is 5.02 Å². The van der Waals surface area contributed by atoms with Crippen LogP contribution in [0.3, 0.4) is 0 Å². The Morgan fingerprint density at radius 2 is 1.96 bits per heavy atom. The van der Waals surface area contributed by atoms with Crippen molar-refractivity contribution in [1.82, 2.24) is 0 Å². The van der Waals surface area contributed by atoms with Gasteiger partial charge in [-0.05, 0) is 56.2 Å². The lowest BCUT2D eigenvalue weighted by atomic mass is 10.1. The van der Waals surface area contributed by atoms with Crippen LogP contribution in [0.1, 0.15) is 18.4 Å². The van der Waals surface area contributed by atoms with Crippen LogP contribution in [0.25, 0.3) is 22.3 Å². The summed E-state index contributed by atoms with van der Waals surface area (Å²) in [6.45, 7) is 3.61. The highest BCUT2D eigenvalue weighted by Gasteiger charge is 2.14. The minimum Gasteiger partial charge on any atom is -0.456 e. The van der Waals surface area contributed by atoms with E-state index in [4.69, 9.17) is 25.7 Å². The van der Waals surface area contributed by atoms with Gasteiger partial charge in [0.25, 0.3) is 0 Å². The van der Waals surface area contributed by atoms with Crippen molar-refractivity contribution in [3.8, 4) is 11.3 Å². The number of ether oxygens (including phenoxy) is 1. The molecular weight excluding hydrogens is 334 g/mol. The van der Waals surface area contributed by atoms with E-state index in [1.165, 1.54) is 5.56 Å². The van der Waals surface area contributed by atoms with Gasteiger partial charge in [-0.1, -0.05) is 23.2 Å². The molecule has 0 N–H and O–H groups in total. The molecule has 25 heavy (non-hydrogen) atoms. The smallest absolute Gasteiger partial charge is 0.136 e. The molecule has 2 aromatic carbocycles. The van der Waals surface area contributed by atoms with Crippen molar-refractivity contribution in [2.75, 3.05) is 13.2 Å². The second kappa shape index (κ2) is 7.03. The van der Waals surface area contributed by atoms with Crippen LogP contribution in [0, 0.1) is 6.92 Å². The Labute approximate surface area is 151 Å². The second-order valence-electron chi connectivity index (χ2n) is 6.48. The lowest BCUT2D eigenvalue weighted by Crippen LogP contribution is -2.13. The third kappa shape index (κ3) is 3.63. The minimum atomic E-state index is 0.232. The van der Waals surface area contributed by atoms with Crippen LogP contribution < -0.4 is 5.36 Å². The van der Waals surface area contributed by atoms with Crippen LogP contribution in [-0.4, -0.2) is 19.3 Å². The van der Waals surface area contributed by atoms with Crippen LogP contribution in [-0.2, 0) is 4.74 Å². The molecule has 1 aromatic heterocycles. The average molecular weight is 354 g/mol. The van der Waals surface area contributed by atoms with E-state index in [9.17, 15) is 0 Å². The Kier molecular flexibility index (Phi) is 4.60. The topological polar surface area (TPSA) is 34.7 Å². The van der Waals surface area contributed by atoms with Gasteiger partial charge in [0, 0.05) is 28.6 Å². The summed E-state index contributed by atoms with van der Waals surface area (Å²) in [4.78, 5) is 4.85. The predicted octanol–water partition coefficient (Wildman–Crippen LogP) is 5.14. The van der Waals surface area contributed by atoms with Gasteiger partial charge in [0.05, 0.1) is 18.0 Å². The van der Waals surface area contributed by atoms with Crippen LogP contribution in [0.15, 0.2) is 57.9 Å². The number of fused-ring (bicyclic) bond motifs is 1. The third-order valence-corrected chi connectivity index (χ3v) is 4.77. The average Bonchev–Trinajstić information content (AvgIpc) is 3.14. The van der Waals surface area contributed by atoms with E-state index in [2.05, 4.69) is 19.1 Å². The van der Waals surface area contributed by atoms with E-state index in [-0.39, 0.29) is 6.10 Å². The summed E-state index contributed by atoms with van der Waals surface area (Å²) in [6, 6.07) is 15.9. The number of halogens is 1. The molecule has 2 heterocycles. The van der Waals surface area contributed by atoms with Crippen molar-refractivity contribution in [3.05, 3.63) is 64.5 Å². The molecule has 1 saturated heterocycles. The summed E-state index contributed by atoms with van der Waals surface area (Å²) in [5.74, 6) is 0.791. The van der Waals surface area contributed by atoms with E-state index < -0.39 is 0 Å². The van der Waals surface area contributed by atoms with Gasteiger partial charge in [-0.15, -0.1) is 0 Å². The number of nitrogens with zero attached hydrogens (tertiary/aromatic N) is 1. The summed E-state index contributed by atoms with van der Waals surface area (Å²) >= 11 is 6.00. The first-order valence-corrected chi connectivity index (χ1v) is 8.99. The Morgan fingerprint density at radius 3 is 2.72 bits per heavy atom. The molecule has 128 valence electrons.